The van der Waals surface area contributed by atoms with Crippen LogP contribution >= 0.6 is 0 Å². The summed E-state index contributed by atoms with van der Waals surface area (Å²) in [6.07, 6.45) is 2.08. The molecule has 1 rings (SSSR count). The molecule has 2 atom stereocenters. The van der Waals surface area contributed by atoms with E-state index in [1.54, 1.807) is 0 Å². The van der Waals surface area contributed by atoms with Crippen molar-refractivity contribution in [3.63, 3.8) is 0 Å². The van der Waals surface area contributed by atoms with Crippen LogP contribution in [-0.4, -0.2) is 42.6 Å². The highest BCUT2D eigenvalue weighted by Gasteiger charge is 2.22. The highest BCUT2D eigenvalue weighted by molar-refractivity contribution is 5.77. The van der Waals surface area contributed by atoms with Crippen molar-refractivity contribution in [2.24, 2.45) is 5.73 Å². The smallest absolute Gasteiger partial charge is 0.0920 e. The van der Waals surface area contributed by atoms with Crippen LogP contribution in [0.1, 0.15) is 26.7 Å². The number of morpholine rings is 1. The van der Waals surface area contributed by atoms with E-state index in [4.69, 9.17) is 15.9 Å². The van der Waals surface area contributed by atoms with E-state index in [1.807, 2.05) is 0 Å². The third kappa shape index (κ3) is 3.27. The lowest BCUT2D eigenvalue weighted by atomic mass is 10.1. The Labute approximate surface area is 85.9 Å². The fourth-order valence-corrected chi connectivity index (χ4v) is 1.84. The van der Waals surface area contributed by atoms with E-state index in [9.17, 15) is 0 Å². The van der Waals surface area contributed by atoms with Gasteiger partial charge in [0.05, 0.1) is 18.5 Å². The first-order chi connectivity index (χ1) is 6.63. The van der Waals surface area contributed by atoms with Gasteiger partial charge >= 0.3 is 0 Å². The molecule has 0 spiro atoms. The number of hydrogen-bond donors (Lipinski definition) is 2. The van der Waals surface area contributed by atoms with E-state index < -0.39 is 0 Å². The predicted octanol–water partition coefficient (Wildman–Crippen LogP) is 0.812. The maximum absolute atomic E-state index is 7.26. The zero-order chi connectivity index (χ0) is 10.6. The molecule has 3 N–H and O–H groups in total. The van der Waals surface area contributed by atoms with E-state index in [0.29, 0.717) is 18.6 Å². The summed E-state index contributed by atoms with van der Waals surface area (Å²) in [5.41, 5.74) is 5.39. The lowest BCUT2D eigenvalue weighted by Crippen LogP contribution is -2.47. The Kier molecular flexibility index (Phi) is 4.35. The van der Waals surface area contributed by atoms with Crippen molar-refractivity contribution >= 4 is 5.84 Å². The van der Waals surface area contributed by atoms with Gasteiger partial charge in [0.2, 0.25) is 0 Å². The number of ether oxygens (including phenoxy) is 1. The van der Waals surface area contributed by atoms with Gasteiger partial charge in [-0.05, 0) is 13.3 Å². The molecule has 0 aromatic carbocycles. The second kappa shape index (κ2) is 5.32. The standard InChI is InChI=1S/C10H21N3O/c1-3-9-7-13(4-5-14-9)8(2)6-10(11)12/h8-9H,3-7H2,1-2H3,(H3,11,12). The maximum atomic E-state index is 7.26. The predicted molar refractivity (Wildman–Crippen MR) is 57.6 cm³/mol. The molecular weight excluding hydrogens is 178 g/mol. The van der Waals surface area contributed by atoms with Gasteiger partial charge in [-0.15, -0.1) is 0 Å². The summed E-state index contributed by atoms with van der Waals surface area (Å²) in [6.45, 7) is 7.01. The number of hydrogen-bond acceptors (Lipinski definition) is 3. The van der Waals surface area contributed by atoms with Crippen LogP contribution in [0.15, 0.2) is 0 Å². The molecule has 1 saturated heterocycles. The molecule has 0 aromatic heterocycles. The van der Waals surface area contributed by atoms with Crippen LogP contribution in [0.5, 0.6) is 0 Å². The molecule has 82 valence electrons. The van der Waals surface area contributed by atoms with E-state index in [0.717, 1.165) is 26.1 Å². The fourth-order valence-electron chi connectivity index (χ4n) is 1.84. The van der Waals surface area contributed by atoms with E-state index >= 15 is 0 Å². The number of amidine groups is 1. The Hall–Kier alpha value is -0.610. The van der Waals surface area contributed by atoms with Gasteiger partial charge in [-0.2, -0.15) is 0 Å². The summed E-state index contributed by atoms with van der Waals surface area (Å²) in [7, 11) is 0. The first kappa shape index (κ1) is 11.5. The first-order valence-electron chi connectivity index (χ1n) is 5.32. The number of rotatable bonds is 4. The molecule has 1 fully saturated rings. The van der Waals surface area contributed by atoms with Crippen molar-refractivity contribution in [2.75, 3.05) is 19.7 Å². The van der Waals surface area contributed by atoms with Crippen molar-refractivity contribution in [1.82, 2.24) is 4.90 Å². The van der Waals surface area contributed by atoms with E-state index in [-0.39, 0.29) is 5.84 Å². The Balaban J connectivity index is 2.38. The minimum Gasteiger partial charge on any atom is -0.388 e. The summed E-state index contributed by atoms with van der Waals surface area (Å²) in [5, 5.41) is 7.26. The average molecular weight is 199 g/mol. The summed E-state index contributed by atoms with van der Waals surface area (Å²) in [4.78, 5) is 2.36. The van der Waals surface area contributed by atoms with Gasteiger partial charge in [-0.1, -0.05) is 6.92 Å². The summed E-state index contributed by atoms with van der Waals surface area (Å²) >= 11 is 0. The van der Waals surface area contributed by atoms with Gasteiger partial charge in [0, 0.05) is 25.6 Å². The van der Waals surface area contributed by atoms with E-state index in [1.165, 1.54) is 0 Å². The monoisotopic (exact) mass is 199 g/mol. The molecule has 0 aliphatic carbocycles. The minimum atomic E-state index is 0.275. The molecule has 0 amide bonds. The Morgan fingerprint density at radius 2 is 2.43 bits per heavy atom. The Bertz CT molecular complexity index is 196. The number of nitrogens with one attached hydrogen (secondary N) is 1. The van der Waals surface area contributed by atoms with Gasteiger partial charge in [-0.25, -0.2) is 0 Å². The molecule has 0 aromatic rings. The quantitative estimate of drug-likeness (QED) is 0.520. The summed E-state index contributed by atoms with van der Waals surface area (Å²) in [6, 6.07) is 0.366. The van der Waals surface area contributed by atoms with Gasteiger partial charge in [0.25, 0.3) is 0 Å². The van der Waals surface area contributed by atoms with Gasteiger partial charge < -0.3 is 10.5 Å². The normalized spacial score (nSPS) is 26.0. The third-order valence-electron chi connectivity index (χ3n) is 2.76. The molecule has 14 heavy (non-hydrogen) atoms. The fraction of sp³-hybridized carbons (Fsp3) is 0.900. The molecule has 1 heterocycles. The molecule has 2 unspecified atom stereocenters. The van der Waals surface area contributed by atoms with Crippen LogP contribution in [0.3, 0.4) is 0 Å². The summed E-state index contributed by atoms with van der Waals surface area (Å²) in [5.74, 6) is 0.275. The lowest BCUT2D eigenvalue weighted by molar-refractivity contribution is -0.0410. The maximum Gasteiger partial charge on any atom is 0.0920 e. The van der Waals surface area contributed by atoms with Gasteiger partial charge in [0.1, 0.15) is 0 Å². The van der Waals surface area contributed by atoms with Gasteiger partial charge in [0.15, 0.2) is 0 Å². The topological polar surface area (TPSA) is 62.3 Å². The molecule has 0 radical (unpaired) electrons. The first-order valence-corrected chi connectivity index (χ1v) is 5.32. The molecule has 0 saturated carbocycles. The Morgan fingerprint density at radius 3 is 3.00 bits per heavy atom. The van der Waals surface area contributed by atoms with Crippen molar-refractivity contribution in [1.29, 1.82) is 5.41 Å². The summed E-state index contributed by atoms with van der Waals surface area (Å²) < 4.78 is 5.59. The molecule has 0 bridgehead atoms. The lowest BCUT2D eigenvalue weighted by Gasteiger charge is -2.36. The van der Waals surface area contributed by atoms with Crippen LogP contribution in [0, 0.1) is 5.41 Å². The Morgan fingerprint density at radius 1 is 1.71 bits per heavy atom. The largest absolute Gasteiger partial charge is 0.388 e. The average Bonchev–Trinajstić information content (AvgIpc) is 2.17. The van der Waals surface area contributed by atoms with Crippen LogP contribution in [0.25, 0.3) is 0 Å². The minimum absolute atomic E-state index is 0.275. The molecule has 1 aliphatic heterocycles. The highest BCUT2D eigenvalue weighted by atomic mass is 16.5. The SMILES string of the molecule is CCC1CN(C(C)CC(=N)N)CCO1. The number of nitrogens with two attached hydrogens (primary N) is 1. The van der Waals surface area contributed by atoms with Crippen LogP contribution in [-0.2, 0) is 4.74 Å². The second-order valence-corrected chi connectivity index (χ2v) is 3.97. The van der Waals surface area contributed by atoms with Crippen LogP contribution < -0.4 is 5.73 Å². The number of nitrogens with zero attached hydrogens (tertiary/aromatic N) is 1. The molecule has 4 heteroatoms. The van der Waals surface area contributed by atoms with E-state index in [2.05, 4.69) is 18.7 Å². The zero-order valence-electron chi connectivity index (χ0n) is 9.12. The molecular formula is C10H21N3O. The highest BCUT2D eigenvalue weighted by Crippen LogP contribution is 2.12. The van der Waals surface area contributed by atoms with Crippen molar-refractivity contribution in [2.45, 2.75) is 38.8 Å². The third-order valence-corrected chi connectivity index (χ3v) is 2.76. The van der Waals surface area contributed by atoms with Crippen molar-refractivity contribution < 1.29 is 4.74 Å². The van der Waals surface area contributed by atoms with Crippen LogP contribution in [0.4, 0.5) is 0 Å². The van der Waals surface area contributed by atoms with Crippen molar-refractivity contribution in [3.05, 3.63) is 0 Å². The van der Waals surface area contributed by atoms with Crippen LogP contribution in [0.2, 0.25) is 0 Å². The zero-order valence-corrected chi connectivity index (χ0v) is 9.12. The molecule has 4 nitrogen and oxygen atoms in total. The van der Waals surface area contributed by atoms with Crippen molar-refractivity contribution in [3.8, 4) is 0 Å². The second-order valence-electron chi connectivity index (χ2n) is 3.97. The molecule has 1 aliphatic rings. The van der Waals surface area contributed by atoms with Gasteiger partial charge in [-0.3, -0.25) is 10.3 Å².